The third-order valence-corrected chi connectivity index (χ3v) is 4.80. The Kier molecular flexibility index (Phi) is 4.16. The number of amides is 1. The predicted molar refractivity (Wildman–Crippen MR) is 78.7 cm³/mol. The van der Waals surface area contributed by atoms with Crippen molar-refractivity contribution in [3.63, 3.8) is 0 Å². The van der Waals surface area contributed by atoms with Gasteiger partial charge in [0, 0.05) is 38.6 Å². The Morgan fingerprint density at radius 1 is 1.40 bits per heavy atom. The van der Waals surface area contributed by atoms with Gasteiger partial charge in [0.25, 0.3) is 0 Å². The Balaban J connectivity index is 1.53. The number of fused-ring (bicyclic) bond motifs is 1. The fraction of sp³-hybridized carbons (Fsp3) is 0.769. The van der Waals surface area contributed by atoms with Crippen molar-refractivity contribution in [1.82, 2.24) is 20.0 Å². The molecule has 1 unspecified atom stereocenters. The van der Waals surface area contributed by atoms with Crippen molar-refractivity contribution in [3.05, 3.63) is 5.01 Å². The van der Waals surface area contributed by atoms with E-state index in [0.717, 1.165) is 62.1 Å². The summed E-state index contributed by atoms with van der Waals surface area (Å²) in [5.74, 6) is 0.330. The summed E-state index contributed by atoms with van der Waals surface area (Å²) in [4.78, 5) is 16.1. The van der Waals surface area contributed by atoms with Gasteiger partial charge in [-0.2, -0.15) is 0 Å². The molecule has 1 N–H and O–H groups in total. The van der Waals surface area contributed by atoms with Crippen molar-refractivity contribution in [2.75, 3.05) is 31.5 Å². The number of hydrogen-bond donors (Lipinski definition) is 1. The first kappa shape index (κ1) is 13.8. The molecule has 6 nitrogen and oxygen atoms in total. The molecule has 2 aliphatic rings. The Morgan fingerprint density at radius 2 is 2.30 bits per heavy atom. The smallest absolute Gasteiger partial charge is 0.222 e. The van der Waals surface area contributed by atoms with E-state index in [1.165, 1.54) is 0 Å². The summed E-state index contributed by atoms with van der Waals surface area (Å²) in [5.41, 5.74) is 0. The van der Waals surface area contributed by atoms with Crippen LogP contribution in [-0.2, 0) is 11.3 Å². The van der Waals surface area contributed by atoms with Crippen molar-refractivity contribution in [3.8, 4) is 0 Å². The van der Waals surface area contributed by atoms with Gasteiger partial charge in [-0.05, 0) is 12.8 Å². The Labute approximate surface area is 123 Å². The van der Waals surface area contributed by atoms with Crippen LogP contribution in [0.25, 0.3) is 0 Å². The third-order valence-electron chi connectivity index (χ3n) is 3.93. The molecule has 0 aromatic carbocycles. The first-order valence-electron chi connectivity index (χ1n) is 7.34. The van der Waals surface area contributed by atoms with Crippen LogP contribution in [-0.4, -0.2) is 58.1 Å². The van der Waals surface area contributed by atoms with Crippen molar-refractivity contribution in [1.29, 1.82) is 0 Å². The summed E-state index contributed by atoms with van der Waals surface area (Å²) in [7, 11) is 0. The monoisotopic (exact) mass is 295 g/mol. The molecule has 2 saturated heterocycles. The number of piperazine rings is 1. The number of nitrogens with zero attached hydrogens (tertiary/aromatic N) is 4. The molecule has 3 rings (SSSR count). The minimum absolute atomic E-state index is 0.330. The molecule has 1 amide bonds. The Bertz CT molecular complexity index is 477. The second-order valence-corrected chi connectivity index (χ2v) is 6.50. The predicted octanol–water partition coefficient (Wildman–Crippen LogP) is 1.17. The van der Waals surface area contributed by atoms with E-state index in [1.54, 1.807) is 11.3 Å². The van der Waals surface area contributed by atoms with Crippen LogP contribution in [0.15, 0.2) is 0 Å². The molecule has 0 aliphatic carbocycles. The highest BCUT2D eigenvalue weighted by Crippen LogP contribution is 2.24. The van der Waals surface area contributed by atoms with E-state index in [1.807, 2.05) is 4.90 Å². The maximum atomic E-state index is 11.7. The van der Waals surface area contributed by atoms with Crippen molar-refractivity contribution in [2.45, 2.75) is 38.8 Å². The van der Waals surface area contributed by atoms with Crippen molar-refractivity contribution < 1.29 is 4.79 Å². The lowest BCUT2D eigenvalue weighted by atomic mass is 10.1. The molecule has 1 aromatic heterocycles. The Hall–Kier alpha value is -1.21. The van der Waals surface area contributed by atoms with E-state index in [0.29, 0.717) is 11.9 Å². The van der Waals surface area contributed by atoms with E-state index >= 15 is 0 Å². The topological polar surface area (TPSA) is 61.4 Å². The molecule has 110 valence electrons. The molecule has 0 bridgehead atoms. The van der Waals surface area contributed by atoms with Gasteiger partial charge in [0.05, 0.1) is 6.54 Å². The molecule has 1 aromatic rings. The maximum Gasteiger partial charge on any atom is 0.222 e. The van der Waals surface area contributed by atoms with Gasteiger partial charge < -0.3 is 10.2 Å². The Morgan fingerprint density at radius 3 is 3.15 bits per heavy atom. The summed E-state index contributed by atoms with van der Waals surface area (Å²) in [6, 6.07) is 0.418. The average molecular weight is 295 g/mol. The zero-order chi connectivity index (χ0) is 13.9. The second-order valence-electron chi connectivity index (χ2n) is 5.44. The van der Waals surface area contributed by atoms with Crippen LogP contribution in [0, 0.1) is 0 Å². The summed E-state index contributed by atoms with van der Waals surface area (Å²) in [6.07, 6.45) is 2.82. The third kappa shape index (κ3) is 2.93. The van der Waals surface area contributed by atoms with E-state index in [-0.39, 0.29) is 0 Å². The molecule has 3 heterocycles. The number of anilines is 1. The lowest BCUT2D eigenvalue weighted by Gasteiger charge is -2.37. The molecule has 0 spiro atoms. The molecule has 20 heavy (non-hydrogen) atoms. The molecule has 7 heteroatoms. The van der Waals surface area contributed by atoms with Crippen LogP contribution < -0.4 is 5.32 Å². The highest BCUT2D eigenvalue weighted by molar-refractivity contribution is 7.15. The van der Waals surface area contributed by atoms with Gasteiger partial charge in [-0.25, -0.2) is 0 Å². The highest BCUT2D eigenvalue weighted by atomic mass is 32.1. The fourth-order valence-electron chi connectivity index (χ4n) is 2.88. The lowest BCUT2D eigenvalue weighted by molar-refractivity contribution is -0.130. The van der Waals surface area contributed by atoms with Crippen LogP contribution in [0.5, 0.6) is 0 Å². The van der Waals surface area contributed by atoms with Crippen molar-refractivity contribution >= 4 is 22.4 Å². The second kappa shape index (κ2) is 6.05. The van der Waals surface area contributed by atoms with Crippen LogP contribution in [0.4, 0.5) is 5.13 Å². The number of rotatable bonds is 5. The number of carbonyl (C=O) groups is 1. The number of nitrogens with one attached hydrogen (secondary N) is 1. The van der Waals surface area contributed by atoms with Crippen LogP contribution in [0.1, 0.15) is 31.2 Å². The van der Waals surface area contributed by atoms with E-state index in [9.17, 15) is 4.79 Å². The van der Waals surface area contributed by atoms with Crippen LogP contribution in [0.3, 0.4) is 0 Å². The van der Waals surface area contributed by atoms with Gasteiger partial charge in [0.1, 0.15) is 5.01 Å². The first-order chi connectivity index (χ1) is 9.76. The minimum Gasteiger partial charge on any atom is -0.360 e. The van der Waals surface area contributed by atoms with E-state index < -0.39 is 0 Å². The molecule has 0 saturated carbocycles. The van der Waals surface area contributed by atoms with Gasteiger partial charge in [0.15, 0.2) is 0 Å². The molecular formula is C13H21N5OS. The van der Waals surface area contributed by atoms with Gasteiger partial charge in [-0.1, -0.05) is 18.3 Å². The SMILES string of the molecule is CCCNc1nnc(CN2CCN3C(=O)CCC3C2)s1. The molecule has 2 aliphatic heterocycles. The largest absolute Gasteiger partial charge is 0.360 e. The zero-order valence-electron chi connectivity index (χ0n) is 11.8. The summed E-state index contributed by atoms with van der Waals surface area (Å²) >= 11 is 1.64. The van der Waals surface area contributed by atoms with E-state index in [4.69, 9.17) is 0 Å². The number of aromatic nitrogens is 2. The fourth-order valence-corrected chi connectivity index (χ4v) is 3.69. The maximum absolute atomic E-state index is 11.7. The number of hydrogen-bond acceptors (Lipinski definition) is 6. The van der Waals surface area contributed by atoms with Gasteiger partial charge in [0.2, 0.25) is 11.0 Å². The van der Waals surface area contributed by atoms with Crippen molar-refractivity contribution in [2.24, 2.45) is 0 Å². The van der Waals surface area contributed by atoms with Gasteiger partial charge >= 0.3 is 0 Å². The average Bonchev–Trinajstić information content (AvgIpc) is 3.04. The zero-order valence-corrected chi connectivity index (χ0v) is 12.7. The molecule has 0 radical (unpaired) electrons. The summed E-state index contributed by atoms with van der Waals surface area (Å²) in [5, 5.41) is 13.6. The molecular weight excluding hydrogens is 274 g/mol. The minimum atomic E-state index is 0.330. The van der Waals surface area contributed by atoms with Crippen LogP contribution >= 0.6 is 11.3 Å². The standard InChI is InChI=1S/C13H21N5OS/c1-2-5-14-13-16-15-11(20-13)9-17-6-7-18-10(8-17)3-4-12(18)19/h10H,2-9H2,1H3,(H,14,16). The lowest BCUT2D eigenvalue weighted by Crippen LogP contribution is -2.50. The highest BCUT2D eigenvalue weighted by Gasteiger charge is 2.35. The molecule has 2 fully saturated rings. The van der Waals surface area contributed by atoms with E-state index in [2.05, 4.69) is 27.3 Å². The van der Waals surface area contributed by atoms with Gasteiger partial charge in [-0.3, -0.25) is 9.69 Å². The van der Waals surface area contributed by atoms with Gasteiger partial charge in [-0.15, -0.1) is 10.2 Å². The van der Waals surface area contributed by atoms with Crippen LogP contribution in [0.2, 0.25) is 0 Å². The normalized spacial score (nSPS) is 23.1. The molecule has 1 atom stereocenters. The summed E-state index contributed by atoms with van der Waals surface area (Å²) in [6.45, 7) is 6.71. The number of carbonyl (C=O) groups excluding carboxylic acids is 1. The summed E-state index contributed by atoms with van der Waals surface area (Å²) < 4.78 is 0. The quantitative estimate of drug-likeness (QED) is 0.883. The first-order valence-corrected chi connectivity index (χ1v) is 8.16.